The molecule has 1 aliphatic heterocycles. The number of rotatable bonds is 2. The first-order valence-corrected chi connectivity index (χ1v) is 12.3. The van der Waals surface area contributed by atoms with E-state index in [1.807, 2.05) is 39.0 Å². The Kier molecular flexibility index (Phi) is 5.30. The van der Waals surface area contributed by atoms with Crippen LogP contribution >= 0.6 is 0 Å². The zero-order valence-corrected chi connectivity index (χ0v) is 20.6. The van der Waals surface area contributed by atoms with Crippen molar-refractivity contribution >= 4 is 17.4 Å². The Labute approximate surface area is 197 Å². The number of nitrogens with one attached hydrogen (secondary N) is 1. The molecule has 0 unspecified atom stereocenters. The van der Waals surface area contributed by atoms with Crippen LogP contribution in [0.1, 0.15) is 72.3 Å². The second-order valence-electron chi connectivity index (χ2n) is 11.6. The first-order chi connectivity index (χ1) is 15.5. The minimum atomic E-state index is -0.532. The molecule has 1 N–H and O–H groups in total. The highest BCUT2D eigenvalue weighted by molar-refractivity contribution is 5.90. The number of allylic oxidation sites excluding steroid dienone is 3. The fraction of sp³-hybridized carbons (Fsp3) is 0.607. The van der Waals surface area contributed by atoms with Gasteiger partial charge in [-0.1, -0.05) is 49.8 Å². The highest BCUT2D eigenvalue weighted by Gasteiger charge is 2.59. The zero-order chi connectivity index (χ0) is 23.5. The number of carbonyl (C=O) groups is 1. The number of anilines is 1. The number of ether oxygens (including phenoxy) is 3. The summed E-state index contributed by atoms with van der Waals surface area (Å²) in [6.45, 7) is 11.9. The molecular weight excluding hydrogens is 414 g/mol. The summed E-state index contributed by atoms with van der Waals surface area (Å²) in [5, 5.41) is 2.99. The lowest BCUT2D eigenvalue weighted by Crippen LogP contribution is -2.50. The second kappa shape index (κ2) is 7.71. The highest BCUT2D eigenvalue weighted by Crippen LogP contribution is 2.66. The fourth-order valence-corrected chi connectivity index (χ4v) is 6.54. The van der Waals surface area contributed by atoms with E-state index in [4.69, 9.17) is 14.2 Å². The largest absolute Gasteiger partial charge is 0.444 e. The molecule has 5 rings (SSSR count). The fourth-order valence-electron chi connectivity index (χ4n) is 6.54. The van der Waals surface area contributed by atoms with Crippen LogP contribution < -0.4 is 5.32 Å². The molecule has 1 saturated heterocycles. The van der Waals surface area contributed by atoms with Crippen LogP contribution in [0.15, 0.2) is 42.0 Å². The van der Waals surface area contributed by atoms with Crippen LogP contribution in [0.5, 0.6) is 0 Å². The van der Waals surface area contributed by atoms with Gasteiger partial charge in [0.15, 0.2) is 5.79 Å². The van der Waals surface area contributed by atoms with Crippen molar-refractivity contribution in [3.8, 4) is 0 Å². The van der Waals surface area contributed by atoms with Gasteiger partial charge in [0.25, 0.3) is 0 Å². The van der Waals surface area contributed by atoms with Crippen molar-refractivity contribution in [2.75, 3.05) is 18.5 Å². The molecule has 1 amide bonds. The summed E-state index contributed by atoms with van der Waals surface area (Å²) >= 11 is 0. The van der Waals surface area contributed by atoms with Gasteiger partial charge in [-0.3, -0.25) is 5.32 Å². The predicted octanol–water partition coefficient (Wildman–Crippen LogP) is 6.71. The van der Waals surface area contributed by atoms with Gasteiger partial charge in [0.05, 0.1) is 18.9 Å². The molecule has 0 aromatic heterocycles. The average Bonchev–Trinajstić information content (AvgIpc) is 3.33. The standard InChI is InChI=1S/C28H37NO4/c1-25(2,3)33-24(30)29-23-9-7-6-8-22(23)19-16-20-10-11-21-18-28(31-14-15-32-28)13-12-26(21,4)27(20,5)17-19/h6-9,11,17,20H,10,12-16,18H2,1-5H3,(H,29,30)/t20-,26-,27-/m0/s1. The number of amides is 1. The summed E-state index contributed by atoms with van der Waals surface area (Å²) in [6.07, 6.45) is 9.54. The maximum absolute atomic E-state index is 12.5. The van der Waals surface area contributed by atoms with Crippen LogP contribution in [-0.2, 0) is 14.2 Å². The second-order valence-corrected chi connectivity index (χ2v) is 11.6. The lowest BCUT2D eigenvalue weighted by Gasteiger charge is -2.56. The van der Waals surface area contributed by atoms with E-state index in [0.717, 1.165) is 43.4 Å². The molecule has 5 heteroatoms. The summed E-state index contributed by atoms with van der Waals surface area (Å²) in [5.74, 6) is 0.152. The van der Waals surface area contributed by atoms with E-state index < -0.39 is 17.5 Å². The lowest BCUT2D eigenvalue weighted by atomic mass is 9.49. The third-order valence-electron chi connectivity index (χ3n) is 8.52. The average molecular weight is 452 g/mol. The van der Waals surface area contributed by atoms with Crippen molar-refractivity contribution < 1.29 is 19.0 Å². The molecule has 5 nitrogen and oxygen atoms in total. The lowest BCUT2D eigenvalue weighted by molar-refractivity contribution is -0.184. The van der Waals surface area contributed by atoms with Crippen molar-refractivity contribution in [3.05, 3.63) is 47.6 Å². The maximum atomic E-state index is 12.5. The summed E-state index contributed by atoms with van der Waals surface area (Å²) in [6, 6.07) is 8.09. The molecule has 4 aliphatic rings. The summed E-state index contributed by atoms with van der Waals surface area (Å²) < 4.78 is 17.6. The molecule has 1 heterocycles. The summed E-state index contributed by atoms with van der Waals surface area (Å²) in [7, 11) is 0. The quantitative estimate of drug-likeness (QED) is 0.508. The number of benzene rings is 1. The van der Waals surface area contributed by atoms with E-state index >= 15 is 0 Å². The van der Waals surface area contributed by atoms with Crippen molar-refractivity contribution in [2.45, 2.75) is 78.1 Å². The molecule has 178 valence electrons. The Morgan fingerprint density at radius 1 is 1.12 bits per heavy atom. The maximum Gasteiger partial charge on any atom is 0.412 e. The first-order valence-electron chi connectivity index (χ1n) is 12.3. The van der Waals surface area contributed by atoms with Gasteiger partial charge in [0, 0.05) is 18.4 Å². The van der Waals surface area contributed by atoms with Crippen molar-refractivity contribution in [3.63, 3.8) is 0 Å². The Morgan fingerprint density at radius 2 is 1.85 bits per heavy atom. The molecule has 1 saturated carbocycles. The predicted molar refractivity (Wildman–Crippen MR) is 130 cm³/mol. The van der Waals surface area contributed by atoms with Gasteiger partial charge in [-0.05, 0) is 68.4 Å². The number of hydrogen-bond donors (Lipinski definition) is 1. The van der Waals surface area contributed by atoms with E-state index in [2.05, 4.69) is 37.4 Å². The van der Waals surface area contributed by atoms with E-state index in [9.17, 15) is 4.79 Å². The Morgan fingerprint density at radius 3 is 2.58 bits per heavy atom. The van der Waals surface area contributed by atoms with Gasteiger partial charge in [-0.25, -0.2) is 4.79 Å². The molecule has 1 aromatic rings. The number of para-hydroxylation sites is 1. The molecule has 1 spiro atoms. The van der Waals surface area contributed by atoms with Gasteiger partial charge >= 0.3 is 6.09 Å². The van der Waals surface area contributed by atoms with Crippen LogP contribution in [0.25, 0.3) is 5.57 Å². The third-order valence-corrected chi connectivity index (χ3v) is 8.52. The highest BCUT2D eigenvalue weighted by atomic mass is 16.7. The van der Waals surface area contributed by atoms with Crippen LogP contribution in [0.3, 0.4) is 0 Å². The normalized spacial score (nSPS) is 32.6. The van der Waals surface area contributed by atoms with Crippen molar-refractivity contribution in [1.29, 1.82) is 0 Å². The minimum Gasteiger partial charge on any atom is -0.444 e. The smallest absolute Gasteiger partial charge is 0.412 e. The van der Waals surface area contributed by atoms with E-state index in [1.165, 1.54) is 11.1 Å². The van der Waals surface area contributed by atoms with E-state index in [-0.39, 0.29) is 10.8 Å². The van der Waals surface area contributed by atoms with Crippen molar-refractivity contribution in [2.24, 2.45) is 16.7 Å². The van der Waals surface area contributed by atoms with Gasteiger partial charge < -0.3 is 14.2 Å². The zero-order valence-electron chi connectivity index (χ0n) is 20.6. The molecule has 0 bridgehead atoms. The molecular formula is C28H37NO4. The van der Waals surface area contributed by atoms with Crippen LogP contribution in [0, 0.1) is 16.7 Å². The molecule has 3 aliphatic carbocycles. The molecule has 0 radical (unpaired) electrons. The molecule has 33 heavy (non-hydrogen) atoms. The van der Waals surface area contributed by atoms with Crippen LogP contribution in [0.4, 0.5) is 10.5 Å². The van der Waals surface area contributed by atoms with E-state index in [1.54, 1.807) is 0 Å². The van der Waals surface area contributed by atoms with Crippen molar-refractivity contribution in [1.82, 2.24) is 0 Å². The van der Waals surface area contributed by atoms with Gasteiger partial charge in [-0.15, -0.1) is 0 Å². The monoisotopic (exact) mass is 451 g/mol. The van der Waals surface area contributed by atoms with Crippen LogP contribution in [-0.4, -0.2) is 30.7 Å². The van der Waals surface area contributed by atoms with Gasteiger partial charge in [0.2, 0.25) is 0 Å². The molecule has 1 aromatic carbocycles. The topological polar surface area (TPSA) is 56.8 Å². The Hall–Kier alpha value is -2.11. The SMILES string of the molecule is CC(C)(C)OC(=O)Nc1ccccc1C1=C[C@@]2(C)[C@@H](CC=C3CC4(CC[C@@]32C)OCCO4)C1. The third kappa shape index (κ3) is 3.83. The Bertz CT molecular complexity index is 1010. The van der Waals surface area contributed by atoms with E-state index in [0.29, 0.717) is 19.1 Å². The number of hydrogen-bond acceptors (Lipinski definition) is 4. The Balaban J connectivity index is 1.43. The first kappa shape index (κ1) is 22.7. The number of fused-ring (bicyclic) bond motifs is 3. The molecule has 2 fully saturated rings. The van der Waals surface area contributed by atoms with Crippen LogP contribution in [0.2, 0.25) is 0 Å². The summed E-state index contributed by atoms with van der Waals surface area (Å²) in [4.78, 5) is 12.5. The number of carbonyl (C=O) groups excluding carboxylic acids is 1. The van der Waals surface area contributed by atoms with Gasteiger partial charge in [0.1, 0.15) is 5.60 Å². The minimum absolute atomic E-state index is 0.0612. The summed E-state index contributed by atoms with van der Waals surface area (Å²) in [5.41, 5.74) is 4.34. The molecule has 3 atom stereocenters. The van der Waals surface area contributed by atoms with Gasteiger partial charge in [-0.2, -0.15) is 0 Å².